The van der Waals surface area contributed by atoms with Gasteiger partial charge in [0.25, 0.3) is 0 Å². The highest BCUT2D eigenvalue weighted by Crippen LogP contribution is 2.09. The van der Waals surface area contributed by atoms with Crippen LogP contribution in [0, 0.1) is 6.92 Å². The van der Waals surface area contributed by atoms with Gasteiger partial charge < -0.3 is 0 Å². The molecule has 1 rings (SSSR count). The predicted octanol–water partition coefficient (Wildman–Crippen LogP) is 3.11. The molecule has 1 aromatic carbocycles. The molecule has 0 bridgehead atoms. The molecule has 0 aromatic heterocycles. The van der Waals surface area contributed by atoms with Gasteiger partial charge in [-0.05, 0) is 18.6 Å². The standard InChI is InChI=1S/C12H13N/c1-4-12(13-5-2)11-9-7-6-8-10(11)3/h4-9H,1-2H2,3H3. The first-order valence-electron chi connectivity index (χ1n) is 4.16. The van der Waals surface area contributed by atoms with E-state index in [2.05, 4.69) is 31.1 Å². The summed E-state index contributed by atoms with van der Waals surface area (Å²) >= 11 is 0. The third-order valence-electron chi connectivity index (χ3n) is 1.84. The summed E-state index contributed by atoms with van der Waals surface area (Å²) in [6.07, 6.45) is 3.27. The van der Waals surface area contributed by atoms with Gasteiger partial charge in [-0.1, -0.05) is 37.4 Å². The van der Waals surface area contributed by atoms with Gasteiger partial charge in [0.2, 0.25) is 0 Å². The molecule has 13 heavy (non-hydrogen) atoms. The Bertz CT molecular complexity index is 348. The Morgan fingerprint density at radius 2 is 2.00 bits per heavy atom. The lowest BCUT2D eigenvalue weighted by Crippen LogP contribution is -1.97. The summed E-state index contributed by atoms with van der Waals surface area (Å²) in [4.78, 5) is 4.14. The summed E-state index contributed by atoms with van der Waals surface area (Å²) in [5.74, 6) is 0. The van der Waals surface area contributed by atoms with Crippen molar-refractivity contribution < 1.29 is 0 Å². The van der Waals surface area contributed by atoms with E-state index in [-0.39, 0.29) is 0 Å². The van der Waals surface area contributed by atoms with Gasteiger partial charge in [0.05, 0.1) is 5.71 Å². The smallest absolute Gasteiger partial charge is 0.0698 e. The van der Waals surface area contributed by atoms with Crippen molar-refractivity contribution in [1.82, 2.24) is 0 Å². The van der Waals surface area contributed by atoms with Gasteiger partial charge in [-0.2, -0.15) is 0 Å². The van der Waals surface area contributed by atoms with E-state index in [1.807, 2.05) is 18.2 Å². The number of rotatable bonds is 3. The van der Waals surface area contributed by atoms with Crippen LogP contribution in [0.2, 0.25) is 0 Å². The van der Waals surface area contributed by atoms with Crippen LogP contribution in [-0.2, 0) is 0 Å². The van der Waals surface area contributed by atoms with Crippen LogP contribution in [0.15, 0.2) is 54.7 Å². The summed E-state index contributed by atoms with van der Waals surface area (Å²) in [5, 5.41) is 0. The average Bonchev–Trinajstić information content (AvgIpc) is 2.16. The summed E-state index contributed by atoms with van der Waals surface area (Å²) in [7, 11) is 0. The lowest BCUT2D eigenvalue weighted by Gasteiger charge is -2.03. The molecular weight excluding hydrogens is 158 g/mol. The van der Waals surface area contributed by atoms with Crippen LogP contribution in [0.4, 0.5) is 0 Å². The summed E-state index contributed by atoms with van der Waals surface area (Å²) in [5.41, 5.74) is 3.17. The number of allylic oxidation sites excluding steroid dienone is 1. The molecular formula is C12H13N. The highest BCUT2D eigenvalue weighted by Gasteiger charge is 2.00. The molecule has 0 heterocycles. The first-order chi connectivity index (χ1) is 6.29. The quantitative estimate of drug-likeness (QED) is 0.620. The van der Waals surface area contributed by atoms with Crippen molar-refractivity contribution in [3.8, 4) is 0 Å². The normalized spacial score (nSPS) is 11.0. The van der Waals surface area contributed by atoms with E-state index in [1.165, 1.54) is 11.8 Å². The molecule has 0 aliphatic carbocycles. The van der Waals surface area contributed by atoms with Crippen LogP contribution < -0.4 is 0 Å². The fourth-order valence-electron chi connectivity index (χ4n) is 1.19. The van der Waals surface area contributed by atoms with Crippen molar-refractivity contribution >= 4 is 5.71 Å². The zero-order valence-corrected chi connectivity index (χ0v) is 7.83. The van der Waals surface area contributed by atoms with Gasteiger partial charge in [0.1, 0.15) is 0 Å². The third-order valence-corrected chi connectivity index (χ3v) is 1.84. The highest BCUT2D eigenvalue weighted by atomic mass is 14.7. The minimum absolute atomic E-state index is 0.869. The maximum atomic E-state index is 4.14. The molecule has 0 aliphatic heterocycles. The molecule has 0 aliphatic rings. The van der Waals surface area contributed by atoms with Crippen molar-refractivity contribution in [1.29, 1.82) is 0 Å². The van der Waals surface area contributed by atoms with Crippen molar-refractivity contribution in [3.05, 3.63) is 60.8 Å². The highest BCUT2D eigenvalue weighted by molar-refractivity contribution is 6.09. The number of nitrogens with zero attached hydrogens (tertiary/aromatic N) is 1. The molecule has 0 saturated heterocycles. The Balaban J connectivity index is 3.19. The van der Waals surface area contributed by atoms with Crippen molar-refractivity contribution in [2.75, 3.05) is 0 Å². The molecule has 0 saturated carbocycles. The third kappa shape index (κ3) is 2.15. The summed E-state index contributed by atoms with van der Waals surface area (Å²) in [6.45, 7) is 9.34. The number of aliphatic imine (C=N–C) groups is 1. The van der Waals surface area contributed by atoms with Crippen molar-refractivity contribution in [2.45, 2.75) is 6.92 Å². The van der Waals surface area contributed by atoms with E-state index in [0.29, 0.717) is 0 Å². The second-order valence-electron chi connectivity index (χ2n) is 2.72. The first kappa shape index (κ1) is 9.46. The van der Waals surface area contributed by atoms with E-state index < -0.39 is 0 Å². The number of benzene rings is 1. The zero-order chi connectivity index (χ0) is 9.68. The van der Waals surface area contributed by atoms with Gasteiger partial charge in [-0.25, -0.2) is 0 Å². The van der Waals surface area contributed by atoms with Gasteiger partial charge in [0.15, 0.2) is 0 Å². The minimum atomic E-state index is 0.869. The lowest BCUT2D eigenvalue weighted by atomic mass is 10.0. The Morgan fingerprint density at radius 3 is 2.54 bits per heavy atom. The maximum absolute atomic E-state index is 4.14. The molecule has 0 radical (unpaired) electrons. The van der Waals surface area contributed by atoms with Gasteiger partial charge in [-0.15, -0.1) is 0 Å². The fraction of sp³-hybridized carbons (Fsp3) is 0.0833. The van der Waals surface area contributed by atoms with Crippen LogP contribution >= 0.6 is 0 Å². The SMILES string of the molecule is C=CN=C(C=C)c1ccccc1C. The van der Waals surface area contributed by atoms with Crippen LogP contribution in [0.25, 0.3) is 0 Å². The predicted molar refractivity (Wildman–Crippen MR) is 58.1 cm³/mol. The van der Waals surface area contributed by atoms with Gasteiger partial charge >= 0.3 is 0 Å². The second kappa shape index (κ2) is 4.41. The summed E-state index contributed by atoms with van der Waals surface area (Å²) in [6, 6.07) is 8.08. The zero-order valence-electron chi connectivity index (χ0n) is 7.83. The molecule has 1 heteroatoms. The molecule has 0 unspecified atom stereocenters. The molecule has 0 atom stereocenters. The fourth-order valence-corrected chi connectivity index (χ4v) is 1.19. The Labute approximate surface area is 79.1 Å². The van der Waals surface area contributed by atoms with Crippen LogP contribution in [0.1, 0.15) is 11.1 Å². The van der Waals surface area contributed by atoms with Crippen LogP contribution in [0.3, 0.4) is 0 Å². The number of hydrogen-bond acceptors (Lipinski definition) is 1. The van der Waals surface area contributed by atoms with Crippen molar-refractivity contribution in [3.63, 3.8) is 0 Å². The average molecular weight is 171 g/mol. The number of hydrogen-bond donors (Lipinski definition) is 0. The van der Waals surface area contributed by atoms with Gasteiger partial charge in [-0.3, -0.25) is 4.99 Å². The first-order valence-corrected chi connectivity index (χ1v) is 4.16. The largest absolute Gasteiger partial charge is 0.257 e. The summed E-state index contributed by atoms with van der Waals surface area (Å²) < 4.78 is 0. The Morgan fingerprint density at radius 1 is 1.31 bits per heavy atom. The van der Waals surface area contributed by atoms with Gasteiger partial charge in [0, 0.05) is 11.8 Å². The monoisotopic (exact) mass is 171 g/mol. The maximum Gasteiger partial charge on any atom is 0.0698 e. The second-order valence-corrected chi connectivity index (χ2v) is 2.72. The minimum Gasteiger partial charge on any atom is -0.257 e. The topological polar surface area (TPSA) is 12.4 Å². The molecule has 0 spiro atoms. The van der Waals surface area contributed by atoms with E-state index in [4.69, 9.17) is 0 Å². The van der Waals surface area contributed by atoms with Crippen molar-refractivity contribution in [2.24, 2.45) is 4.99 Å². The molecule has 0 N–H and O–H groups in total. The van der Waals surface area contributed by atoms with E-state index >= 15 is 0 Å². The molecule has 66 valence electrons. The number of aryl methyl sites for hydroxylation is 1. The van der Waals surface area contributed by atoms with E-state index in [1.54, 1.807) is 6.08 Å². The van der Waals surface area contributed by atoms with Crippen LogP contribution in [0.5, 0.6) is 0 Å². The molecule has 1 aromatic rings. The van der Waals surface area contributed by atoms with E-state index in [0.717, 1.165) is 11.3 Å². The van der Waals surface area contributed by atoms with Crippen LogP contribution in [-0.4, -0.2) is 5.71 Å². The molecule has 1 nitrogen and oxygen atoms in total. The lowest BCUT2D eigenvalue weighted by molar-refractivity contribution is 1.43. The molecule has 0 fully saturated rings. The molecule has 0 amide bonds. The van der Waals surface area contributed by atoms with E-state index in [9.17, 15) is 0 Å². The Kier molecular flexibility index (Phi) is 3.21. The Hall–Kier alpha value is -1.63.